The van der Waals surface area contributed by atoms with Crippen molar-refractivity contribution in [1.29, 1.82) is 0 Å². The molecular weight excluding hydrogens is 340 g/mol. The monoisotopic (exact) mass is 370 g/mol. The Bertz CT molecular complexity index is 824. The Morgan fingerprint density at radius 3 is 2.52 bits per heavy atom. The fourth-order valence-corrected chi connectivity index (χ4v) is 3.14. The molecule has 146 valence electrons. The number of hydrogen-bond donors (Lipinski definition) is 2. The summed E-state index contributed by atoms with van der Waals surface area (Å²) in [6.45, 7) is 12.5. The lowest BCUT2D eigenvalue weighted by Gasteiger charge is -2.16. The lowest BCUT2D eigenvalue weighted by Crippen LogP contribution is -2.28. The lowest BCUT2D eigenvalue weighted by molar-refractivity contribution is -0.121. The van der Waals surface area contributed by atoms with Crippen LogP contribution in [0.1, 0.15) is 56.3 Å². The summed E-state index contributed by atoms with van der Waals surface area (Å²) in [5.74, 6) is 0.344. The Labute approximate surface area is 161 Å². The molecule has 0 spiro atoms. The molecule has 0 bridgehead atoms. The summed E-state index contributed by atoms with van der Waals surface area (Å²) in [5.41, 5.74) is 4.62. The fraction of sp³-hybridized carbons (Fsp3) is 0.476. The maximum absolute atomic E-state index is 12.6. The summed E-state index contributed by atoms with van der Waals surface area (Å²) in [6, 6.07) is 7.36. The van der Waals surface area contributed by atoms with Gasteiger partial charge >= 0.3 is 0 Å². The Morgan fingerprint density at radius 2 is 1.89 bits per heavy atom. The Kier molecular flexibility index (Phi) is 6.77. The summed E-state index contributed by atoms with van der Waals surface area (Å²) in [4.78, 5) is 23.8. The maximum atomic E-state index is 12.6. The predicted octanol–water partition coefficient (Wildman–Crippen LogP) is 3.53. The smallest absolute Gasteiger partial charge is 0.225 e. The van der Waals surface area contributed by atoms with Crippen molar-refractivity contribution < 1.29 is 9.59 Å². The van der Waals surface area contributed by atoms with Crippen molar-refractivity contribution in [2.24, 2.45) is 5.92 Å². The molecule has 2 N–H and O–H groups in total. The van der Waals surface area contributed by atoms with Gasteiger partial charge in [-0.3, -0.25) is 14.3 Å². The number of nitrogens with one attached hydrogen (secondary N) is 2. The molecule has 0 saturated heterocycles. The van der Waals surface area contributed by atoms with Gasteiger partial charge < -0.3 is 10.6 Å². The third kappa shape index (κ3) is 5.67. The number of aromatic nitrogens is 2. The van der Waals surface area contributed by atoms with Crippen LogP contribution in [0.25, 0.3) is 0 Å². The zero-order valence-electron chi connectivity index (χ0n) is 17.1. The first-order valence-electron chi connectivity index (χ1n) is 9.37. The molecule has 2 aromatic rings. The highest BCUT2D eigenvalue weighted by Crippen LogP contribution is 2.19. The molecule has 2 rings (SSSR count). The van der Waals surface area contributed by atoms with Crippen LogP contribution in [-0.4, -0.2) is 21.6 Å². The molecule has 0 aliphatic carbocycles. The zero-order chi connectivity index (χ0) is 20.1. The number of aryl methyl sites for hydroxylation is 1. The molecule has 1 aromatic heterocycles. The number of carbonyl (C=O) groups excluding carboxylic acids is 2. The highest BCUT2D eigenvalue weighted by atomic mass is 16.2. The second-order valence-corrected chi connectivity index (χ2v) is 7.50. The molecule has 0 aliphatic heterocycles. The van der Waals surface area contributed by atoms with E-state index in [1.165, 1.54) is 6.92 Å². The number of hydrogen-bond acceptors (Lipinski definition) is 3. The van der Waals surface area contributed by atoms with E-state index in [-0.39, 0.29) is 17.9 Å². The van der Waals surface area contributed by atoms with Crippen LogP contribution in [0, 0.1) is 19.8 Å². The third-order valence-electron chi connectivity index (χ3n) is 4.49. The molecule has 1 heterocycles. The molecule has 1 atom stereocenters. The fourth-order valence-electron chi connectivity index (χ4n) is 3.14. The summed E-state index contributed by atoms with van der Waals surface area (Å²) < 4.78 is 1.99. The van der Waals surface area contributed by atoms with Crippen LogP contribution in [0.15, 0.2) is 24.3 Å². The van der Waals surface area contributed by atoms with E-state index in [1.807, 2.05) is 49.7 Å². The van der Waals surface area contributed by atoms with Gasteiger partial charge in [0.05, 0.1) is 18.2 Å². The van der Waals surface area contributed by atoms with Crippen molar-refractivity contribution >= 4 is 17.5 Å². The van der Waals surface area contributed by atoms with Gasteiger partial charge in [0.1, 0.15) is 0 Å². The third-order valence-corrected chi connectivity index (χ3v) is 4.49. The molecule has 6 heteroatoms. The summed E-state index contributed by atoms with van der Waals surface area (Å²) >= 11 is 0. The number of benzene rings is 1. The van der Waals surface area contributed by atoms with E-state index in [1.54, 1.807) is 0 Å². The molecule has 1 aromatic carbocycles. The second kappa shape index (κ2) is 8.84. The summed E-state index contributed by atoms with van der Waals surface area (Å²) in [5, 5.41) is 10.4. The van der Waals surface area contributed by atoms with Gasteiger partial charge in [-0.1, -0.05) is 26.0 Å². The molecule has 0 aliphatic rings. The van der Waals surface area contributed by atoms with Crippen molar-refractivity contribution in [3.63, 3.8) is 0 Å². The zero-order valence-corrected chi connectivity index (χ0v) is 17.1. The average molecular weight is 370 g/mol. The van der Waals surface area contributed by atoms with Crippen molar-refractivity contribution in [1.82, 2.24) is 15.1 Å². The molecular formula is C21H30N4O2. The molecule has 2 amide bonds. The average Bonchev–Trinajstić information content (AvgIpc) is 2.81. The van der Waals surface area contributed by atoms with E-state index >= 15 is 0 Å². The van der Waals surface area contributed by atoms with E-state index in [0.717, 1.165) is 34.7 Å². The quantitative estimate of drug-likeness (QED) is 0.783. The number of nitrogens with zero attached hydrogens (tertiary/aromatic N) is 2. The van der Waals surface area contributed by atoms with Gasteiger partial charge in [-0.2, -0.15) is 5.10 Å². The van der Waals surface area contributed by atoms with Crippen LogP contribution in [0.5, 0.6) is 0 Å². The van der Waals surface area contributed by atoms with Crippen LogP contribution >= 0.6 is 0 Å². The number of rotatable bonds is 7. The van der Waals surface area contributed by atoms with Gasteiger partial charge in [0.15, 0.2) is 0 Å². The van der Waals surface area contributed by atoms with Crippen LogP contribution in [-0.2, 0) is 22.6 Å². The number of anilines is 1. The molecule has 6 nitrogen and oxygen atoms in total. The van der Waals surface area contributed by atoms with E-state index in [4.69, 9.17) is 0 Å². The molecule has 27 heavy (non-hydrogen) atoms. The van der Waals surface area contributed by atoms with E-state index in [0.29, 0.717) is 12.3 Å². The van der Waals surface area contributed by atoms with Gasteiger partial charge in [-0.15, -0.1) is 0 Å². The highest BCUT2D eigenvalue weighted by molar-refractivity contribution is 5.88. The molecule has 0 saturated carbocycles. The van der Waals surface area contributed by atoms with Crippen LogP contribution in [0.2, 0.25) is 0 Å². The Morgan fingerprint density at radius 1 is 1.19 bits per heavy atom. The predicted molar refractivity (Wildman–Crippen MR) is 108 cm³/mol. The summed E-state index contributed by atoms with van der Waals surface area (Å²) in [7, 11) is 0. The molecule has 0 fully saturated rings. The van der Waals surface area contributed by atoms with Crippen molar-refractivity contribution in [2.75, 3.05) is 5.32 Å². The maximum Gasteiger partial charge on any atom is 0.225 e. The van der Waals surface area contributed by atoms with E-state index in [9.17, 15) is 9.59 Å². The minimum Gasteiger partial charge on any atom is -0.349 e. The Balaban J connectivity index is 2.05. The first-order valence-corrected chi connectivity index (χ1v) is 9.37. The minimum atomic E-state index is -0.155. The normalized spacial score (nSPS) is 12.1. The van der Waals surface area contributed by atoms with Crippen molar-refractivity contribution in [2.45, 2.75) is 60.5 Å². The van der Waals surface area contributed by atoms with Crippen LogP contribution in [0.4, 0.5) is 5.69 Å². The van der Waals surface area contributed by atoms with Crippen LogP contribution in [0.3, 0.4) is 0 Å². The van der Waals surface area contributed by atoms with Gasteiger partial charge in [-0.25, -0.2) is 0 Å². The SMILES string of the molecule is CC(=O)Nc1cccc(C(C)NC(=O)Cc2c(C)nn(CC(C)C)c2C)c1. The van der Waals surface area contributed by atoms with E-state index in [2.05, 4.69) is 29.6 Å². The van der Waals surface area contributed by atoms with Crippen LogP contribution < -0.4 is 10.6 Å². The van der Waals surface area contributed by atoms with Crippen molar-refractivity contribution in [3.05, 3.63) is 46.8 Å². The van der Waals surface area contributed by atoms with E-state index < -0.39 is 0 Å². The first-order chi connectivity index (χ1) is 12.7. The molecule has 1 unspecified atom stereocenters. The topological polar surface area (TPSA) is 76.0 Å². The van der Waals surface area contributed by atoms with Gasteiger partial charge in [0.25, 0.3) is 0 Å². The molecule has 0 radical (unpaired) electrons. The highest BCUT2D eigenvalue weighted by Gasteiger charge is 2.17. The van der Waals surface area contributed by atoms with Crippen molar-refractivity contribution in [3.8, 4) is 0 Å². The second-order valence-electron chi connectivity index (χ2n) is 7.50. The minimum absolute atomic E-state index is 0.0391. The number of amides is 2. The largest absolute Gasteiger partial charge is 0.349 e. The standard InChI is InChI=1S/C21H30N4O2/c1-13(2)12-25-16(5)20(15(4)24-25)11-21(27)22-14(3)18-8-7-9-19(10-18)23-17(6)26/h7-10,13-14H,11-12H2,1-6H3,(H,22,27)(H,23,26). The van der Waals surface area contributed by atoms with Gasteiger partial charge in [0.2, 0.25) is 11.8 Å². The Hall–Kier alpha value is -2.63. The summed E-state index contributed by atoms with van der Waals surface area (Å²) in [6.07, 6.45) is 0.311. The first kappa shape index (κ1) is 20.7. The van der Waals surface area contributed by atoms with Gasteiger partial charge in [0, 0.05) is 30.4 Å². The number of carbonyl (C=O) groups is 2. The lowest BCUT2D eigenvalue weighted by atomic mass is 10.1. The van der Waals surface area contributed by atoms with Gasteiger partial charge in [-0.05, 0) is 44.4 Å².